The van der Waals surface area contributed by atoms with Gasteiger partial charge in [-0.05, 0) is 50.8 Å². The van der Waals surface area contributed by atoms with E-state index in [0.29, 0.717) is 30.7 Å². The number of halogens is 1. The smallest absolute Gasteiger partial charge is 0.410 e. The highest BCUT2D eigenvalue weighted by atomic mass is 19.1. The first kappa shape index (κ1) is 17.9. The van der Waals surface area contributed by atoms with Gasteiger partial charge in [-0.15, -0.1) is 0 Å². The molecule has 0 spiro atoms. The third-order valence-corrected chi connectivity index (χ3v) is 4.09. The van der Waals surface area contributed by atoms with Crippen molar-refractivity contribution in [3.8, 4) is 6.07 Å². The van der Waals surface area contributed by atoms with E-state index in [2.05, 4.69) is 10.3 Å². The molecular weight excluding hydrogens is 335 g/mol. The lowest BCUT2D eigenvalue weighted by Gasteiger charge is -2.24. The number of fused-ring (bicyclic) bond motifs is 1. The van der Waals surface area contributed by atoms with Crippen molar-refractivity contribution in [1.29, 1.82) is 5.26 Å². The Labute approximate surface area is 151 Å². The van der Waals surface area contributed by atoms with Crippen LogP contribution >= 0.6 is 0 Å². The Morgan fingerprint density at radius 3 is 2.88 bits per heavy atom. The van der Waals surface area contributed by atoms with E-state index in [1.54, 1.807) is 17.0 Å². The average Bonchev–Trinajstić information content (AvgIpc) is 3.02. The average molecular weight is 356 g/mol. The van der Waals surface area contributed by atoms with Crippen molar-refractivity contribution >= 4 is 22.7 Å². The summed E-state index contributed by atoms with van der Waals surface area (Å²) in [6.45, 7) is 6.51. The van der Waals surface area contributed by atoms with Crippen LogP contribution in [0.5, 0.6) is 0 Å². The van der Waals surface area contributed by atoms with E-state index in [4.69, 9.17) is 4.74 Å². The summed E-state index contributed by atoms with van der Waals surface area (Å²) in [6, 6.07) is 7.98. The number of nitrogens with one attached hydrogen (secondary N) is 1. The van der Waals surface area contributed by atoms with Crippen LogP contribution in [0.1, 0.15) is 32.9 Å². The minimum absolute atomic E-state index is 0.0459. The molecule has 6 nitrogen and oxygen atoms in total. The molecule has 2 heterocycles. The van der Waals surface area contributed by atoms with Crippen LogP contribution in [0.25, 0.3) is 10.8 Å². The molecule has 0 aliphatic carbocycles. The maximum atomic E-state index is 13.6. The molecule has 1 aromatic carbocycles. The number of benzene rings is 1. The van der Waals surface area contributed by atoms with Gasteiger partial charge in [-0.1, -0.05) is 6.07 Å². The number of hydrogen-bond donors (Lipinski definition) is 1. The number of carbonyl (C=O) groups is 1. The maximum Gasteiger partial charge on any atom is 0.410 e. The van der Waals surface area contributed by atoms with Crippen LogP contribution in [-0.4, -0.2) is 40.7 Å². The second kappa shape index (κ2) is 6.79. The number of rotatable bonds is 2. The lowest BCUT2D eigenvalue weighted by molar-refractivity contribution is 0.0293. The predicted molar refractivity (Wildman–Crippen MR) is 96.3 cm³/mol. The van der Waals surface area contributed by atoms with Crippen LogP contribution in [-0.2, 0) is 4.74 Å². The monoisotopic (exact) mass is 356 g/mol. The van der Waals surface area contributed by atoms with Crippen molar-refractivity contribution in [2.24, 2.45) is 0 Å². The van der Waals surface area contributed by atoms with E-state index < -0.39 is 5.60 Å². The number of amides is 1. The number of ether oxygens (including phenoxy) is 1. The van der Waals surface area contributed by atoms with E-state index in [-0.39, 0.29) is 23.6 Å². The molecule has 136 valence electrons. The molecule has 0 saturated carbocycles. The van der Waals surface area contributed by atoms with Gasteiger partial charge in [0, 0.05) is 24.5 Å². The lowest BCUT2D eigenvalue weighted by atomic mass is 10.1. The molecule has 2 aromatic rings. The first-order valence-electron chi connectivity index (χ1n) is 8.50. The van der Waals surface area contributed by atoms with Crippen molar-refractivity contribution in [3.63, 3.8) is 0 Å². The van der Waals surface area contributed by atoms with Crippen LogP contribution < -0.4 is 5.32 Å². The predicted octanol–water partition coefficient (Wildman–Crippen LogP) is 3.67. The van der Waals surface area contributed by atoms with Crippen LogP contribution in [0, 0.1) is 17.1 Å². The fourth-order valence-electron chi connectivity index (χ4n) is 2.95. The van der Waals surface area contributed by atoms with Crippen LogP contribution in [0.2, 0.25) is 0 Å². The van der Waals surface area contributed by atoms with E-state index >= 15 is 0 Å². The highest BCUT2D eigenvalue weighted by Crippen LogP contribution is 2.26. The van der Waals surface area contributed by atoms with Crippen molar-refractivity contribution < 1.29 is 13.9 Å². The van der Waals surface area contributed by atoms with Gasteiger partial charge in [0.2, 0.25) is 0 Å². The summed E-state index contributed by atoms with van der Waals surface area (Å²) in [5, 5.41) is 13.8. The molecule has 1 amide bonds. The third kappa shape index (κ3) is 4.02. The van der Waals surface area contributed by atoms with Gasteiger partial charge in [0.05, 0.1) is 0 Å². The van der Waals surface area contributed by atoms with Gasteiger partial charge in [0.1, 0.15) is 29.0 Å². The number of likely N-dealkylation sites (tertiary alicyclic amines) is 1. The molecule has 1 aliphatic heterocycles. The Hall–Kier alpha value is -2.88. The number of anilines is 1. The summed E-state index contributed by atoms with van der Waals surface area (Å²) in [7, 11) is 0. The summed E-state index contributed by atoms with van der Waals surface area (Å²) in [6.07, 6.45) is 0.366. The van der Waals surface area contributed by atoms with E-state index in [9.17, 15) is 14.4 Å². The molecular formula is C19H21FN4O2. The van der Waals surface area contributed by atoms with E-state index in [0.717, 1.165) is 5.39 Å². The zero-order valence-electron chi connectivity index (χ0n) is 15.0. The van der Waals surface area contributed by atoms with Crippen LogP contribution in [0.4, 0.5) is 15.0 Å². The fraction of sp³-hybridized carbons (Fsp3) is 0.421. The summed E-state index contributed by atoms with van der Waals surface area (Å²) in [5.41, 5.74) is -0.285. The second-order valence-electron chi connectivity index (χ2n) is 7.39. The molecule has 1 aromatic heterocycles. The van der Waals surface area contributed by atoms with Crippen molar-refractivity contribution in [1.82, 2.24) is 9.88 Å². The molecule has 1 fully saturated rings. The number of carbonyl (C=O) groups excluding carboxylic acids is 1. The Bertz CT molecular complexity index is 885. The topological polar surface area (TPSA) is 78.2 Å². The lowest BCUT2D eigenvalue weighted by Crippen LogP contribution is -2.36. The molecule has 1 saturated heterocycles. The quantitative estimate of drug-likeness (QED) is 0.888. The Morgan fingerprint density at radius 1 is 1.42 bits per heavy atom. The molecule has 0 radical (unpaired) electrons. The van der Waals surface area contributed by atoms with Gasteiger partial charge in [0.25, 0.3) is 0 Å². The molecule has 26 heavy (non-hydrogen) atoms. The molecule has 0 bridgehead atoms. The standard InChI is InChI=1S/C19H21FN4O2/c1-19(2,3)26-18(25)24-7-6-14(11-24)22-17-16-9-13(20)5-4-12(16)8-15(10-21)23-17/h4-5,8-9,14H,6-7,11H2,1-3H3,(H,22,23). The van der Waals surface area contributed by atoms with Crippen LogP contribution in [0.15, 0.2) is 24.3 Å². The first-order chi connectivity index (χ1) is 12.2. The molecule has 1 aliphatic rings. The largest absolute Gasteiger partial charge is 0.444 e. The Balaban J connectivity index is 1.79. The van der Waals surface area contributed by atoms with Crippen molar-refractivity contribution in [3.05, 3.63) is 35.8 Å². The molecule has 3 rings (SSSR count). The van der Waals surface area contributed by atoms with Gasteiger partial charge in [0.15, 0.2) is 0 Å². The van der Waals surface area contributed by atoms with Gasteiger partial charge < -0.3 is 15.0 Å². The second-order valence-corrected chi connectivity index (χ2v) is 7.39. The highest BCUT2D eigenvalue weighted by molar-refractivity contribution is 5.92. The van der Waals surface area contributed by atoms with E-state index in [1.807, 2.05) is 26.8 Å². The number of pyridine rings is 1. The van der Waals surface area contributed by atoms with E-state index in [1.165, 1.54) is 12.1 Å². The number of hydrogen-bond acceptors (Lipinski definition) is 5. The molecule has 1 N–H and O–H groups in total. The number of aromatic nitrogens is 1. The van der Waals surface area contributed by atoms with Crippen LogP contribution in [0.3, 0.4) is 0 Å². The fourth-order valence-corrected chi connectivity index (χ4v) is 2.95. The summed E-state index contributed by atoms with van der Waals surface area (Å²) in [4.78, 5) is 18.1. The SMILES string of the molecule is CC(C)(C)OC(=O)N1CCC(Nc2nc(C#N)cc3ccc(F)cc23)C1. The summed E-state index contributed by atoms with van der Waals surface area (Å²) >= 11 is 0. The summed E-state index contributed by atoms with van der Waals surface area (Å²) < 4.78 is 19.0. The minimum Gasteiger partial charge on any atom is -0.444 e. The highest BCUT2D eigenvalue weighted by Gasteiger charge is 2.30. The van der Waals surface area contributed by atoms with Gasteiger partial charge in [-0.3, -0.25) is 0 Å². The zero-order valence-corrected chi connectivity index (χ0v) is 15.0. The van der Waals surface area contributed by atoms with Crippen molar-refractivity contribution in [2.75, 3.05) is 18.4 Å². The maximum absolute atomic E-state index is 13.6. The third-order valence-electron chi connectivity index (χ3n) is 4.09. The molecule has 1 unspecified atom stereocenters. The molecule has 7 heteroatoms. The number of nitriles is 1. The Morgan fingerprint density at radius 2 is 2.19 bits per heavy atom. The van der Waals surface area contributed by atoms with Gasteiger partial charge in [-0.2, -0.15) is 5.26 Å². The Kier molecular flexibility index (Phi) is 4.68. The first-order valence-corrected chi connectivity index (χ1v) is 8.50. The minimum atomic E-state index is -0.543. The zero-order chi connectivity index (χ0) is 18.9. The normalized spacial score (nSPS) is 17.2. The van der Waals surface area contributed by atoms with Gasteiger partial charge in [-0.25, -0.2) is 14.2 Å². The van der Waals surface area contributed by atoms with Gasteiger partial charge >= 0.3 is 6.09 Å². The van der Waals surface area contributed by atoms with Crippen molar-refractivity contribution in [2.45, 2.75) is 38.8 Å². The summed E-state index contributed by atoms with van der Waals surface area (Å²) in [5.74, 6) is 0.0865. The molecule has 1 atom stereocenters. The number of nitrogens with zero attached hydrogens (tertiary/aromatic N) is 3.